The molecule has 22 heavy (non-hydrogen) atoms. The molecule has 0 saturated carbocycles. The van der Waals surface area contributed by atoms with E-state index < -0.39 is 10.0 Å². The number of thiophene rings is 1. The van der Waals surface area contributed by atoms with E-state index in [2.05, 4.69) is 28.9 Å². The second kappa shape index (κ2) is 7.21. The molecular weight excluding hydrogens is 336 g/mol. The van der Waals surface area contributed by atoms with Gasteiger partial charge in [0.25, 0.3) is 0 Å². The lowest BCUT2D eigenvalue weighted by molar-refractivity contribution is 0.562. The molecule has 0 spiro atoms. The Balaban J connectivity index is 2.15. The van der Waals surface area contributed by atoms with Gasteiger partial charge in [0.1, 0.15) is 9.22 Å². The molecule has 2 aromatic heterocycles. The summed E-state index contributed by atoms with van der Waals surface area (Å²) in [5, 5.41) is 4.80. The number of hydrogen-bond donors (Lipinski definition) is 1. The van der Waals surface area contributed by atoms with Gasteiger partial charge < -0.3 is 0 Å². The van der Waals surface area contributed by atoms with E-state index in [0.29, 0.717) is 16.7 Å². The molecule has 0 saturated heterocycles. The van der Waals surface area contributed by atoms with Crippen LogP contribution in [0, 0.1) is 11.8 Å². The smallest absolute Gasteiger partial charge is 0.241 e. The lowest BCUT2D eigenvalue weighted by atomic mass is 10.1. The van der Waals surface area contributed by atoms with Gasteiger partial charge in [-0.15, -0.1) is 22.7 Å². The van der Waals surface area contributed by atoms with Gasteiger partial charge >= 0.3 is 0 Å². The highest BCUT2D eigenvalue weighted by molar-refractivity contribution is 7.91. The quantitative estimate of drug-likeness (QED) is 0.814. The van der Waals surface area contributed by atoms with Crippen LogP contribution in [0.1, 0.15) is 33.4 Å². The minimum absolute atomic E-state index is 0.284. The van der Waals surface area contributed by atoms with Crippen LogP contribution in [0.25, 0.3) is 10.6 Å². The number of thiazole rings is 1. The van der Waals surface area contributed by atoms with E-state index in [0.717, 1.165) is 22.7 Å². The first kappa shape index (κ1) is 17.6. The fraction of sp³-hybridized carbons (Fsp3) is 0.533. The van der Waals surface area contributed by atoms with Crippen molar-refractivity contribution in [2.45, 2.75) is 38.3 Å². The first-order valence-electron chi connectivity index (χ1n) is 7.31. The Morgan fingerprint density at radius 3 is 2.50 bits per heavy atom. The van der Waals surface area contributed by atoms with Gasteiger partial charge in [-0.25, -0.2) is 18.1 Å². The van der Waals surface area contributed by atoms with Crippen molar-refractivity contribution >= 4 is 32.7 Å². The zero-order valence-electron chi connectivity index (χ0n) is 13.3. The van der Waals surface area contributed by atoms with E-state index in [1.54, 1.807) is 17.4 Å². The van der Waals surface area contributed by atoms with Crippen LogP contribution in [0.2, 0.25) is 0 Å². The molecule has 0 aliphatic rings. The van der Waals surface area contributed by atoms with Crippen molar-refractivity contribution in [2.24, 2.45) is 11.8 Å². The summed E-state index contributed by atoms with van der Waals surface area (Å²) in [6, 6.07) is 1.71. The first-order chi connectivity index (χ1) is 10.3. The van der Waals surface area contributed by atoms with Crippen LogP contribution in [-0.4, -0.2) is 19.9 Å². The Morgan fingerprint density at radius 2 is 1.86 bits per heavy atom. The van der Waals surface area contributed by atoms with Gasteiger partial charge in [0.05, 0.1) is 5.69 Å². The van der Waals surface area contributed by atoms with Gasteiger partial charge in [0.15, 0.2) is 0 Å². The van der Waals surface area contributed by atoms with Gasteiger partial charge in [0.2, 0.25) is 10.0 Å². The average Bonchev–Trinajstić information content (AvgIpc) is 3.04. The highest BCUT2D eigenvalue weighted by atomic mass is 32.2. The summed E-state index contributed by atoms with van der Waals surface area (Å²) in [6.07, 6.45) is 0.946. The summed E-state index contributed by atoms with van der Waals surface area (Å²) in [7, 11) is -3.41. The Labute approximate surface area is 140 Å². The Hall–Kier alpha value is -0.760. The summed E-state index contributed by atoms with van der Waals surface area (Å²) in [5.41, 5.74) is 1.96. The molecule has 0 aliphatic heterocycles. The number of rotatable bonds is 7. The Bertz CT molecular complexity index is 715. The predicted octanol–water partition coefficient (Wildman–Crippen LogP) is 4.00. The van der Waals surface area contributed by atoms with Gasteiger partial charge in [-0.2, -0.15) is 0 Å². The average molecular weight is 359 g/mol. The molecule has 0 amide bonds. The van der Waals surface area contributed by atoms with Crippen molar-refractivity contribution in [3.05, 3.63) is 22.5 Å². The molecule has 0 aliphatic carbocycles. The van der Waals surface area contributed by atoms with Gasteiger partial charge in [0, 0.05) is 22.9 Å². The predicted molar refractivity (Wildman–Crippen MR) is 94.0 cm³/mol. The highest BCUT2D eigenvalue weighted by Gasteiger charge is 2.18. The second-order valence-corrected chi connectivity index (χ2v) is 9.91. The van der Waals surface area contributed by atoms with Crippen LogP contribution < -0.4 is 4.72 Å². The molecule has 7 heteroatoms. The maximum Gasteiger partial charge on any atom is 0.250 e. The number of sulfonamides is 1. The lowest BCUT2D eigenvalue weighted by Gasteiger charge is -2.06. The van der Waals surface area contributed by atoms with Gasteiger partial charge in [-0.05, 0) is 24.3 Å². The van der Waals surface area contributed by atoms with Gasteiger partial charge in [-0.3, -0.25) is 0 Å². The largest absolute Gasteiger partial charge is 0.250 e. The van der Waals surface area contributed by atoms with Crippen LogP contribution in [-0.2, 0) is 16.4 Å². The van der Waals surface area contributed by atoms with Crippen LogP contribution in [0.5, 0.6) is 0 Å². The van der Waals surface area contributed by atoms with Crippen molar-refractivity contribution in [3.8, 4) is 10.6 Å². The second-order valence-electron chi connectivity index (χ2n) is 6.14. The number of hydrogen-bond acceptors (Lipinski definition) is 5. The molecule has 0 aromatic carbocycles. The summed E-state index contributed by atoms with van der Waals surface area (Å²) < 4.78 is 27.4. The van der Waals surface area contributed by atoms with E-state index in [-0.39, 0.29) is 5.92 Å². The molecule has 2 rings (SSSR count). The Kier molecular flexibility index (Phi) is 5.76. The fourth-order valence-electron chi connectivity index (χ4n) is 1.87. The lowest BCUT2D eigenvalue weighted by Crippen LogP contribution is -2.26. The standard InChI is InChI=1S/C15H22N2O2S3/c1-10(2)5-13-9-21-15(17-13)12-6-14(20-8-12)22(18,19)16-7-11(3)4/h6,8-11,16H,5,7H2,1-4H3. The first-order valence-corrected chi connectivity index (χ1v) is 10.5. The fourth-order valence-corrected chi connectivity index (χ4v) is 5.19. The summed E-state index contributed by atoms with van der Waals surface area (Å²) in [4.78, 5) is 4.60. The Morgan fingerprint density at radius 1 is 1.14 bits per heavy atom. The van der Waals surface area contributed by atoms with Crippen LogP contribution >= 0.6 is 22.7 Å². The maximum absolute atomic E-state index is 12.2. The number of aromatic nitrogens is 1. The molecule has 0 bridgehead atoms. The summed E-state index contributed by atoms with van der Waals surface area (Å²) in [6.45, 7) is 8.73. The number of nitrogens with one attached hydrogen (secondary N) is 1. The third-order valence-electron chi connectivity index (χ3n) is 2.94. The third kappa shape index (κ3) is 4.62. The van der Waals surface area contributed by atoms with E-state index in [1.165, 1.54) is 11.3 Å². The SMILES string of the molecule is CC(C)CNS(=O)(=O)c1cc(-c2nc(CC(C)C)cs2)cs1. The minimum atomic E-state index is -3.41. The van der Waals surface area contributed by atoms with Crippen LogP contribution in [0.4, 0.5) is 0 Å². The van der Waals surface area contributed by atoms with Crippen LogP contribution in [0.15, 0.2) is 21.0 Å². The van der Waals surface area contributed by atoms with Crippen molar-refractivity contribution in [3.63, 3.8) is 0 Å². The van der Waals surface area contributed by atoms with Crippen molar-refractivity contribution in [1.29, 1.82) is 0 Å². The molecule has 2 aromatic rings. The molecular formula is C15H22N2O2S3. The molecule has 122 valence electrons. The zero-order chi connectivity index (χ0) is 16.3. The van der Waals surface area contributed by atoms with E-state index >= 15 is 0 Å². The molecule has 1 N–H and O–H groups in total. The van der Waals surface area contributed by atoms with Crippen molar-refractivity contribution < 1.29 is 8.42 Å². The monoisotopic (exact) mass is 358 g/mol. The molecule has 2 heterocycles. The maximum atomic E-state index is 12.2. The third-order valence-corrected chi connectivity index (χ3v) is 6.74. The molecule has 0 unspecified atom stereocenters. The molecule has 0 radical (unpaired) electrons. The van der Waals surface area contributed by atoms with E-state index in [9.17, 15) is 8.42 Å². The molecule has 0 atom stereocenters. The summed E-state index contributed by atoms with van der Waals surface area (Å²) in [5.74, 6) is 0.848. The molecule has 0 fully saturated rings. The van der Waals surface area contributed by atoms with E-state index in [1.807, 2.05) is 19.2 Å². The topological polar surface area (TPSA) is 59.1 Å². The van der Waals surface area contributed by atoms with Crippen molar-refractivity contribution in [2.75, 3.05) is 6.54 Å². The van der Waals surface area contributed by atoms with Gasteiger partial charge in [-0.1, -0.05) is 27.7 Å². The van der Waals surface area contributed by atoms with E-state index in [4.69, 9.17) is 0 Å². The summed E-state index contributed by atoms with van der Waals surface area (Å²) >= 11 is 2.81. The van der Waals surface area contributed by atoms with Crippen LogP contribution in [0.3, 0.4) is 0 Å². The highest BCUT2D eigenvalue weighted by Crippen LogP contribution is 2.31. The minimum Gasteiger partial charge on any atom is -0.241 e. The zero-order valence-corrected chi connectivity index (χ0v) is 15.7. The number of nitrogens with zero attached hydrogens (tertiary/aromatic N) is 1. The van der Waals surface area contributed by atoms with Crippen molar-refractivity contribution in [1.82, 2.24) is 9.71 Å². The normalized spacial score (nSPS) is 12.5. The molecule has 4 nitrogen and oxygen atoms in total.